The number of benzene rings is 2. The number of hydrogen-bond donors (Lipinski definition) is 2. The Morgan fingerprint density at radius 1 is 0.909 bits per heavy atom. The Kier molecular flexibility index (Phi) is 6.86. The molecule has 0 atom stereocenters. The molecular weight excluding hydrogens is 438 g/mol. The highest BCUT2D eigenvalue weighted by molar-refractivity contribution is 7.89. The van der Waals surface area contributed by atoms with Crippen LogP contribution in [0.5, 0.6) is 0 Å². The fraction of sp³-hybridized carbons (Fsp3) is 0.440. The van der Waals surface area contributed by atoms with Gasteiger partial charge in [-0.15, -0.1) is 0 Å². The van der Waals surface area contributed by atoms with Crippen molar-refractivity contribution in [3.05, 3.63) is 53.6 Å². The first-order valence-electron chi connectivity index (χ1n) is 11.6. The third-order valence-electron chi connectivity index (χ3n) is 6.58. The first-order chi connectivity index (χ1) is 15.8. The normalized spacial score (nSPS) is 17.1. The highest BCUT2D eigenvalue weighted by Gasteiger charge is 2.30. The van der Waals surface area contributed by atoms with Gasteiger partial charge in [-0.25, -0.2) is 8.42 Å². The number of hydrogen-bond acceptors (Lipinski definition) is 4. The SMILES string of the molecule is Cc1ccc(NC(=O)C2CC2)cc1NC(=O)c1ccc(S(=O)(=O)N(C)C2CCCCC2)cc1. The summed E-state index contributed by atoms with van der Waals surface area (Å²) in [7, 11) is -1.96. The van der Waals surface area contributed by atoms with Crippen LogP contribution in [0.4, 0.5) is 11.4 Å². The topological polar surface area (TPSA) is 95.6 Å². The van der Waals surface area contributed by atoms with Gasteiger partial charge < -0.3 is 10.6 Å². The van der Waals surface area contributed by atoms with Crippen molar-refractivity contribution < 1.29 is 18.0 Å². The summed E-state index contributed by atoms with van der Waals surface area (Å²) in [6, 6.07) is 11.5. The van der Waals surface area contributed by atoms with E-state index < -0.39 is 10.0 Å². The van der Waals surface area contributed by atoms with Crippen LogP contribution in [0.1, 0.15) is 60.9 Å². The molecule has 0 aliphatic heterocycles. The van der Waals surface area contributed by atoms with Crippen LogP contribution in [0.2, 0.25) is 0 Å². The van der Waals surface area contributed by atoms with Crippen molar-refractivity contribution in [3.63, 3.8) is 0 Å². The van der Waals surface area contributed by atoms with Crippen molar-refractivity contribution in [2.24, 2.45) is 5.92 Å². The van der Waals surface area contributed by atoms with E-state index in [-0.39, 0.29) is 28.7 Å². The van der Waals surface area contributed by atoms with Crippen LogP contribution in [0.15, 0.2) is 47.4 Å². The second-order valence-electron chi connectivity index (χ2n) is 9.08. The lowest BCUT2D eigenvalue weighted by Crippen LogP contribution is -2.38. The summed E-state index contributed by atoms with van der Waals surface area (Å²) in [4.78, 5) is 25.0. The van der Waals surface area contributed by atoms with Crippen LogP contribution in [0.25, 0.3) is 0 Å². The van der Waals surface area contributed by atoms with E-state index >= 15 is 0 Å². The number of anilines is 2. The molecule has 33 heavy (non-hydrogen) atoms. The average molecular weight is 470 g/mol. The molecule has 2 aromatic rings. The first kappa shape index (κ1) is 23.4. The van der Waals surface area contributed by atoms with Crippen molar-refractivity contribution in [1.29, 1.82) is 0 Å². The molecule has 0 radical (unpaired) electrons. The molecule has 0 saturated heterocycles. The smallest absolute Gasteiger partial charge is 0.255 e. The zero-order chi connectivity index (χ0) is 23.6. The molecule has 0 bridgehead atoms. The van der Waals surface area contributed by atoms with Gasteiger partial charge in [-0.2, -0.15) is 4.31 Å². The minimum atomic E-state index is -3.60. The van der Waals surface area contributed by atoms with Gasteiger partial charge in [-0.3, -0.25) is 9.59 Å². The molecule has 7 nitrogen and oxygen atoms in total. The van der Waals surface area contributed by atoms with Gasteiger partial charge in [-0.05, 0) is 74.6 Å². The number of aryl methyl sites for hydroxylation is 1. The van der Waals surface area contributed by atoms with Gasteiger partial charge in [-0.1, -0.05) is 25.3 Å². The zero-order valence-electron chi connectivity index (χ0n) is 19.1. The van der Waals surface area contributed by atoms with Crippen LogP contribution in [-0.4, -0.2) is 37.6 Å². The summed E-state index contributed by atoms with van der Waals surface area (Å²) in [5, 5.41) is 5.75. The number of rotatable bonds is 7. The second-order valence-corrected chi connectivity index (χ2v) is 11.1. The molecule has 4 rings (SSSR count). The maximum atomic E-state index is 13.0. The number of amides is 2. The van der Waals surface area contributed by atoms with Gasteiger partial charge in [0.15, 0.2) is 0 Å². The third-order valence-corrected chi connectivity index (χ3v) is 8.51. The second kappa shape index (κ2) is 9.65. The van der Waals surface area contributed by atoms with Crippen molar-refractivity contribution in [2.75, 3.05) is 17.7 Å². The molecule has 2 aromatic carbocycles. The van der Waals surface area contributed by atoms with E-state index in [2.05, 4.69) is 10.6 Å². The van der Waals surface area contributed by atoms with Gasteiger partial charge in [0.1, 0.15) is 0 Å². The van der Waals surface area contributed by atoms with E-state index in [9.17, 15) is 18.0 Å². The Balaban J connectivity index is 1.44. The molecule has 8 heteroatoms. The highest BCUT2D eigenvalue weighted by Crippen LogP contribution is 2.31. The van der Waals surface area contributed by atoms with E-state index in [1.165, 1.54) is 28.6 Å². The van der Waals surface area contributed by atoms with E-state index in [4.69, 9.17) is 0 Å². The largest absolute Gasteiger partial charge is 0.326 e. The summed E-state index contributed by atoms with van der Waals surface area (Å²) in [5.74, 6) is -0.240. The summed E-state index contributed by atoms with van der Waals surface area (Å²) >= 11 is 0. The predicted octanol–water partition coefficient (Wildman–Crippen LogP) is 4.55. The fourth-order valence-electron chi connectivity index (χ4n) is 4.20. The summed E-state index contributed by atoms with van der Waals surface area (Å²) in [5.41, 5.74) is 2.46. The summed E-state index contributed by atoms with van der Waals surface area (Å²) in [6.07, 6.45) is 6.87. The van der Waals surface area contributed by atoms with Crippen LogP contribution < -0.4 is 10.6 Å². The van der Waals surface area contributed by atoms with E-state index in [1.807, 2.05) is 19.1 Å². The lowest BCUT2D eigenvalue weighted by molar-refractivity contribution is -0.117. The van der Waals surface area contributed by atoms with Crippen LogP contribution in [-0.2, 0) is 14.8 Å². The Bertz CT molecular complexity index is 1130. The Hall–Kier alpha value is -2.71. The summed E-state index contributed by atoms with van der Waals surface area (Å²) in [6.45, 7) is 1.87. The molecule has 0 unspecified atom stereocenters. The van der Waals surface area contributed by atoms with Crippen molar-refractivity contribution >= 4 is 33.2 Å². The lowest BCUT2D eigenvalue weighted by Gasteiger charge is -2.30. The van der Waals surface area contributed by atoms with Crippen molar-refractivity contribution in [3.8, 4) is 0 Å². The molecule has 2 aliphatic rings. The lowest BCUT2D eigenvalue weighted by atomic mass is 9.96. The minimum absolute atomic E-state index is 0.00567. The zero-order valence-corrected chi connectivity index (χ0v) is 20.0. The first-order valence-corrected chi connectivity index (χ1v) is 13.0. The number of nitrogens with one attached hydrogen (secondary N) is 2. The fourth-order valence-corrected chi connectivity index (χ4v) is 5.62. The standard InChI is InChI=1S/C25H31N3O4S/c1-17-8-13-20(26-24(29)18-9-10-18)16-23(17)27-25(30)19-11-14-22(15-12-19)33(31,32)28(2)21-6-4-3-5-7-21/h8,11-16,18,21H,3-7,9-10H2,1-2H3,(H,26,29)(H,27,30). The highest BCUT2D eigenvalue weighted by atomic mass is 32.2. The van der Waals surface area contributed by atoms with Crippen LogP contribution in [0.3, 0.4) is 0 Å². The quantitative estimate of drug-likeness (QED) is 0.622. The van der Waals surface area contributed by atoms with E-state index in [0.29, 0.717) is 16.9 Å². The van der Waals surface area contributed by atoms with Gasteiger partial charge in [0.05, 0.1) is 4.90 Å². The maximum Gasteiger partial charge on any atom is 0.255 e. The van der Waals surface area contributed by atoms with Crippen molar-refractivity contribution in [1.82, 2.24) is 4.31 Å². The van der Waals surface area contributed by atoms with E-state index in [1.54, 1.807) is 13.1 Å². The van der Waals surface area contributed by atoms with Crippen molar-refractivity contribution in [2.45, 2.75) is 62.8 Å². The molecule has 2 aliphatic carbocycles. The minimum Gasteiger partial charge on any atom is -0.326 e. The molecule has 2 fully saturated rings. The van der Waals surface area contributed by atoms with E-state index in [0.717, 1.165) is 50.5 Å². The maximum absolute atomic E-state index is 13.0. The third kappa shape index (κ3) is 5.45. The molecule has 0 aromatic heterocycles. The van der Waals surface area contributed by atoms with Gasteiger partial charge in [0.25, 0.3) is 5.91 Å². The Labute approximate surface area is 195 Å². The molecular formula is C25H31N3O4S. The Morgan fingerprint density at radius 3 is 2.21 bits per heavy atom. The molecule has 0 heterocycles. The van der Waals surface area contributed by atoms with Crippen LogP contribution in [0, 0.1) is 12.8 Å². The predicted molar refractivity (Wildman–Crippen MR) is 129 cm³/mol. The Morgan fingerprint density at radius 2 is 1.58 bits per heavy atom. The molecule has 2 saturated carbocycles. The number of nitrogens with zero attached hydrogens (tertiary/aromatic N) is 1. The van der Waals surface area contributed by atoms with Crippen LogP contribution >= 0.6 is 0 Å². The van der Waals surface area contributed by atoms with Gasteiger partial charge >= 0.3 is 0 Å². The molecule has 0 spiro atoms. The summed E-state index contributed by atoms with van der Waals surface area (Å²) < 4.78 is 27.5. The molecule has 176 valence electrons. The van der Waals surface area contributed by atoms with Gasteiger partial charge in [0, 0.05) is 35.9 Å². The monoisotopic (exact) mass is 469 g/mol. The number of sulfonamides is 1. The molecule has 2 N–H and O–H groups in total. The molecule has 2 amide bonds. The van der Waals surface area contributed by atoms with Gasteiger partial charge in [0.2, 0.25) is 15.9 Å². The number of carbonyl (C=O) groups is 2. The average Bonchev–Trinajstić information content (AvgIpc) is 3.67. The number of carbonyl (C=O) groups excluding carboxylic acids is 2.